The van der Waals surface area contributed by atoms with Crippen LogP contribution < -0.4 is 10.2 Å². The Morgan fingerprint density at radius 3 is 3.00 bits per heavy atom. The largest absolute Gasteiger partial charge is 0.489 e. The van der Waals surface area contributed by atoms with Crippen LogP contribution in [0.3, 0.4) is 0 Å². The molecule has 2 rings (SSSR count). The van der Waals surface area contributed by atoms with Gasteiger partial charge in [-0.3, -0.25) is 4.79 Å². The summed E-state index contributed by atoms with van der Waals surface area (Å²) in [6.45, 7) is 0.647. The van der Waals surface area contributed by atoms with Crippen LogP contribution in [-0.4, -0.2) is 6.61 Å². The summed E-state index contributed by atoms with van der Waals surface area (Å²) < 4.78 is 5.18. The fourth-order valence-corrected chi connectivity index (χ4v) is 1.25. The van der Waals surface area contributed by atoms with Gasteiger partial charge in [0, 0.05) is 12.0 Å². The van der Waals surface area contributed by atoms with Crippen molar-refractivity contribution in [3.8, 4) is 5.75 Å². The molecule has 1 aliphatic rings. The van der Waals surface area contributed by atoms with E-state index in [2.05, 4.69) is 0 Å². The SMILES string of the molecule is O=c1ccccc2c1OCC2. The van der Waals surface area contributed by atoms with Crippen LogP contribution in [-0.2, 0) is 6.42 Å². The lowest BCUT2D eigenvalue weighted by atomic mass is 10.2. The molecule has 0 spiro atoms. The van der Waals surface area contributed by atoms with Crippen LogP contribution in [0.1, 0.15) is 5.56 Å². The lowest BCUT2D eigenvalue weighted by Gasteiger charge is -1.89. The van der Waals surface area contributed by atoms with Crippen LogP contribution in [0.2, 0.25) is 0 Å². The van der Waals surface area contributed by atoms with Gasteiger partial charge in [-0.1, -0.05) is 18.2 Å². The highest BCUT2D eigenvalue weighted by Gasteiger charge is 2.12. The van der Waals surface area contributed by atoms with Gasteiger partial charge in [-0.05, 0) is 6.07 Å². The molecule has 1 aliphatic heterocycles. The first-order valence-electron chi connectivity index (χ1n) is 3.63. The number of fused-ring (bicyclic) bond motifs is 1. The van der Waals surface area contributed by atoms with Crippen LogP contribution in [0.4, 0.5) is 0 Å². The first-order valence-corrected chi connectivity index (χ1v) is 3.63. The molecule has 11 heavy (non-hydrogen) atoms. The van der Waals surface area contributed by atoms with E-state index in [-0.39, 0.29) is 5.43 Å². The Kier molecular flexibility index (Phi) is 1.39. The highest BCUT2D eigenvalue weighted by atomic mass is 16.5. The maximum Gasteiger partial charge on any atom is 0.220 e. The van der Waals surface area contributed by atoms with Crippen molar-refractivity contribution >= 4 is 0 Å². The van der Waals surface area contributed by atoms with Gasteiger partial charge in [0.1, 0.15) is 0 Å². The zero-order chi connectivity index (χ0) is 7.68. The summed E-state index contributed by atoms with van der Waals surface area (Å²) in [5.74, 6) is 0.537. The fraction of sp³-hybridized carbons (Fsp3) is 0.222. The molecule has 1 aromatic rings. The molecule has 0 atom stereocenters. The summed E-state index contributed by atoms with van der Waals surface area (Å²) in [7, 11) is 0. The normalized spacial score (nSPS) is 13.8. The lowest BCUT2D eigenvalue weighted by molar-refractivity contribution is 0.354. The van der Waals surface area contributed by atoms with Gasteiger partial charge in [0.2, 0.25) is 5.43 Å². The second-order valence-electron chi connectivity index (χ2n) is 2.54. The zero-order valence-electron chi connectivity index (χ0n) is 6.04. The highest BCUT2D eigenvalue weighted by molar-refractivity contribution is 5.34. The van der Waals surface area contributed by atoms with Gasteiger partial charge in [0.05, 0.1) is 6.61 Å². The molecule has 2 nitrogen and oxygen atoms in total. The first-order chi connectivity index (χ1) is 5.38. The Hall–Kier alpha value is -1.31. The number of hydrogen-bond donors (Lipinski definition) is 0. The minimum absolute atomic E-state index is 0.0116. The van der Waals surface area contributed by atoms with Crippen molar-refractivity contribution in [2.45, 2.75) is 6.42 Å². The van der Waals surface area contributed by atoms with E-state index in [9.17, 15) is 4.79 Å². The van der Waals surface area contributed by atoms with Gasteiger partial charge < -0.3 is 4.74 Å². The van der Waals surface area contributed by atoms with E-state index in [1.54, 1.807) is 6.07 Å². The van der Waals surface area contributed by atoms with Gasteiger partial charge in [-0.15, -0.1) is 0 Å². The molecular formula is C9H8O2. The van der Waals surface area contributed by atoms with E-state index in [1.165, 1.54) is 6.07 Å². The van der Waals surface area contributed by atoms with Crippen molar-refractivity contribution < 1.29 is 4.74 Å². The zero-order valence-corrected chi connectivity index (χ0v) is 6.04. The van der Waals surface area contributed by atoms with E-state index in [4.69, 9.17) is 4.74 Å². The molecular weight excluding hydrogens is 140 g/mol. The Morgan fingerprint density at radius 2 is 2.09 bits per heavy atom. The van der Waals surface area contributed by atoms with E-state index >= 15 is 0 Å². The molecule has 0 saturated heterocycles. The van der Waals surface area contributed by atoms with E-state index in [0.29, 0.717) is 12.4 Å². The van der Waals surface area contributed by atoms with Crippen LogP contribution in [0, 0.1) is 0 Å². The second-order valence-corrected chi connectivity index (χ2v) is 2.54. The molecule has 1 heterocycles. The molecule has 0 N–H and O–H groups in total. The molecule has 0 fully saturated rings. The third-order valence-electron chi connectivity index (χ3n) is 1.79. The molecule has 0 amide bonds. The predicted octanol–water partition coefficient (Wildman–Crippen LogP) is 0.982. The van der Waals surface area contributed by atoms with E-state index in [0.717, 1.165) is 12.0 Å². The Bertz CT molecular complexity index is 331. The van der Waals surface area contributed by atoms with E-state index < -0.39 is 0 Å². The van der Waals surface area contributed by atoms with Crippen molar-refractivity contribution in [1.82, 2.24) is 0 Å². The van der Waals surface area contributed by atoms with Crippen LogP contribution in [0.25, 0.3) is 0 Å². The maximum absolute atomic E-state index is 11.2. The molecule has 0 unspecified atom stereocenters. The molecule has 1 aromatic carbocycles. The third kappa shape index (κ3) is 1.00. The Labute approximate surface area is 64.4 Å². The first kappa shape index (κ1) is 6.40. The summed E-state index contributed by atoms with van der Waals surface area (Å²) in [5.41, 5.74) is 1.02. The van der Waals surface area contributed by atoms with Crippen LogP contribution >= 0.6 is 0 Å². The average molecular weight is 148 g/mol. The Balaban J connectivity index is 2.75. The van der Waals surface area contributed by atoms with Crippen molar-refractivity contribution in [1.29, 1.82) is 0 Å². The average Bonchev–Trinajstić information content (AvgIpc) is 2.40. The van der Waals surface area contributed by atoms with Crippen molar-refractivity contribution in [3.05, 3.63) is 40.1 Å². The molecule has 0 aliphatic carbocycles. The van der Waals surface area contributed by atoms with Crippen molar-refractivity contribution in [2.75, 3.05) is 6.61 Å². The summed E-state index contributed by atoms with van der Waals surface area (Å²) in [5, 5.41) is 0. The molecule has 0 aromatic heterocycles. The van der Waals surface area contributed by atoms with Crippen molar-refractivity contribution in [3.63, 3.8) is 0 Å². The summed E-state index contributed by atoms with van der Waals surface area (Å²) in [4.78, 5) is 11.2. The van der Waals surface area contributed by atoms with Gasteiger partial charge in [-0.2, -0.15) is 0 Å². The minimum Gasteiger partial charge on any atom is -0.489 e. The third-order valence-corrected chi connectivity index (χ3v) is 1.79. The Morgan fingerprint density at radius 1 is 1.27 bits per heavy atom. The minimum atomic E-state index is -0.0116. The van der Waals surface area contributed by atoms with Gasteiger partial charge in [0.25, 0.3) is 0 Å². The standard InChI is InChI=1S/C9H8O2/c10-8-4-2-1-3-7-5-6-11-9(7)8/h1-4H,5-6H2. The topological polar surface area (TPSA) is 26.3 Å². The van der Waals surface area contributed by atoms with E-state index in [1.807, 2.05) is 12.1 Å². The smallest absolute Gasteiger partial charge is 0.220 e. The van der Waals surface area contributed by atoms with Gasteiger partial charge >= 0.3 is 0 Å². The summed E-state index contributed by atoms with van der Waals surface area (Å²) in [6.07, 6.45) is 0.860. The molecule has 0 saturated carbocycles. The molecule has 2 heteroatoms. The fourth-order valence-electron chi connectivity index (χ4n) is 1.25. The number of ether oxygens (including phenoxy) is 1. The molecule has 0 radical (unpaired) electrons. The maximum atomic E-state index is 11.2. The lowest BCUT2D eigenvalue weighted by Crippen LogP contribution is -1.99. The molecule has 0 bridgehead atoms. The van der Waals surface area contributed by atoms with Crippen LogP contribution in [0.5, 0.6) is 5.75 Å². The highest BCUT2D eigenvalue weighted by Crippen LogP contribution is 2.18. The quantitative estimate of drug-likeness (QED) is 0.548. The summed E-state index contributed by atoms with van der Waals surface area (Å²) >= 11 is 0. The van der Waals surface area contributed by atoms with Gasteiger partial charge in [-0.25, -0.2) is 0 Å². The monoisotopic (exact) mass is 148 g/mol. The van der Waals surface area contributed by atoms with Gasteiger partial charge in [0.15, 0.2) is 5.75 Å². The summed E-state index contributed by atoms with van der Waals surface area (Å²) in [6, 6.07) is 7.08. The van der Waals surface area contributed by atoms with Crippen LogP contribution in [0.15, 0.2) is 29.1 Å². The van der Waals surface area contributed by atoms with Crippen molar-refractivity contribution in [2.24, 2.45) is 0 Å². The number of hydrogen-bond acceptors (Lipinski definition) is 2. The predicted molar refractivity (Wildman–Crippen MR) is 41.9 cm³/mol. The number of rotatable bonds is 0. The second kappa shape index (κ2) is 2.38. The molecule has 56 valence electrons.